The van der Waals surface area contributed by atoms with Crippen LogP contribution < -0.4 is 5.32 Å². The number of amides is 1. The number of thiophene rings is 1. The molecule has 0 radical (unpaired) electrons. The van der Waals surface area contributed by atoms with E-state index in [2.05, 4.69) is 5.32 Å². The van der Waals surface area contributed by atoms with E-state index in [0.29, 0.717) is 11.3 Å². The van der Waals surface area contributed by atoms with E-state index < -0.39 is 5.82 Å². The van der Waals surface area contributed by atoms with Crippen molar-refractivity contribution in [3.05, 3.63) is 50.4 Å². The summed E-state index contributed by atoms with van der Waals surface area (Å²) >= 11 is 7.21. The summed E-state index contributed by atoms with van der Waals surface area (Å²) in [6, 6.07) is 5.79. The number of anilines is 1. The van der Waals surface area contributed by atoms with Gasteiger partial charge in [-0.05, 0) is 38.1 Å². The van der Waals surface area contributed by atoms with Crippen molar-refractivity contribution in [2.45, 2.75) is 26.7 Å². The normalized spacial score (nSPS) is 10.5. The minimum atomic E-state index is -0.543. The maximum atomic E-state index is 13.0. The highest BCUT2D eigenvalue weighted by Gasteiger charge is 2.14. The SMILES string of the molecule is Cc1cc(C(=O)CCC(=O)Nc2ccc(F)c(Cl)c2)c(C)s1. The average Bonchev–Trinajstić information content (AvgIpc) is 2.79. The molecule has 2 aromatic rings. The van der Waals surface area contributed by atoms with Crippen molar-refractivity contribution in [3.63, 3.8) is 0 Å². The van der Waals surface area contributed by atoms with Crippen LogP contribution in [0.5, 0.6) is 0 Å². The van der Waals surface area contributed by atoms with Crippen molar-refractivity contribution in [2.75, 3.05) is 5.32 Å². The summed E-state index contributed by atoms with van der Waals surface area (Å²) in [6.07, 6.45) is 0.208. The standard InChI is InChI=1S/C16H15ClFNO2S/c1-9-7-12(10(2)22-9)15(20)5-6-16(21)19-11-3-4-14(18)13(17)8-11/h3-4,7-8H,5-6H2,1-2H3,(H,19,21). The third kappa shape index (κ3) is 4.15. The highest BCUT2D eigenvalue weighted by Crippen LogP contribution is 2.23. The second-order valence-corrected chi connectivity index (χ2v) is 6.79. The Kier molecular flexibility index (Phi) is 5.32. The molecule has 0 fully saturated rings. The van der Waals surface area contributed by atoms with Gasteiger partial charge in [-0.3, -0.25) is 9.59 Å². The predicted molar refractivity (Wildman–Crippen MR) is 87.4 cm³/mol. The molecule has 0 aliphatic rings. The van der Waals surface area contributed by atoms with Crippen molar-refractivity contribution < 1.29 is 14.0 Å². The molecular formula is C16H15ClFNO2S. The van der Waals surface area contributed by atoms with Gasteiger partial charge in [0.2, 0.25) is 5.91 Å². The van der Waals surface area contributed by atoms with E-state index in [-0.39, 0.29) is 29.6 Å². The first-order chi connectivity index (χ1) is 10.4. The largest absolute Gasteiger partial charge is 0.326 e. The van der Waals surface area contributed by atoms with Crippen molar-refractivity contribution in [1.82, 2.24) is 0 Å². The zero-order valence-electron chi connectivity index (χ0n) is 12.2. The fourth-order valence-corrected chi connectivity index (χ4v) is 3.19. The number of carbonyl (C=O) groups is 2. The molecule has 6 heteroatoms. The molecule has 0 aliphatic carbocycles. The van der Waals surface area contributed by atoms with Crippen LogP contribution in [0, 0.1) is 19.7 Å². The summed E-state index contributed by atoms with van der Waals surface area (Å²) in [5.74, 6) is -0.895. The van der Waals surface area contributed by atoms with E-state index in [9.17, 15) is 14.0 Å². The number of benzene rings is 1. The Hall–Kier alpha value is -1.72. The van der Waals surface area contributed by atoms with Gasteiger partial charge in [-0.2, -0.15) is 0 Å². The number of hydrogen-bond donors (Lipinski definition) is 1. The molecular weight excluding hydrogens is 325 g/mol. The molecule has 1 aromatic heterocycles. The van der Waals surface area contributed by atoms with Crippen molar-refractivity contribution in [2.24, 2.45) is 0 Å². The fraction of sp³-hybridized carbons (Fsp3) is 0.250. The molecule has 1 aromatic carbocycles. The number of halogens is 2. The van der Waals surface area contributed by atoms with E-state index in [4.69, 9.17) is 11.6 Å². The van der Waals surface area contributed by atoms with Gasteiger partial charge in [0.1, 0.15) is 5.82 Å². The van der Waals surface area contributed by atoms with Gasteiger partial charge in [0.25, 0.3) is 0 Å². The Morgan fingerprint density at radius 2 is 1.95 bits per heavy atom. The molecule has 0 saturated carbocycles. The number of ketones is 1. The minimum absolute atomic E-state index is 0.0471. The van der Waals surface area contributed by atoms with Crippen molar-refractivity contribution >= 4 is 40.3 Å². The molecule has 1 N–H and O–H groups in total. The first kappa shape index (κ1) is 16.6. The summed E-state index contributed by atoms with van der Waals surface area (Å²) in [5, 5.41) is 2.54. The van der Waals surface area contributed by atoms with Crippen LogP contribution in [0.15, 0.2) is 24.3 Å². The number of nitrogens with one attached hydrogen (secondary N) is 1. The fourth-order valence-electron chi connectivity index (χ4n) is 2.07. The maximum absolute atomic E-state index is 13.0. The zero-order chi connectivity index (χ0) is 16.3. The maximum Gasteiger partial charge on any atom is 0.224 e. The van der Waals surface area contributed by atoms with Crippen LogP contribution in [0.25, 0.3) is 0 Å². The van der Waals surface area contributed by atoms with Crippen LogP contribution in [-0.4, -0.2) is 11.7 Å². The number of carbonyl (C=O) groups excluding carboxylic acids is 2. The lowest BCUT2D eigenvalue weighted by molar-refractivity contribution is -0.116. The molecule has 116 valence electrons. The third-order valence-corrected chi connectivity index (χ3v) is 4.38. The lowest BCUT2D eigenvalue weighted by Crippen LogP contribution is -2.13. The van der Waals surface area contributed by atoms with E-state index in [1.54, 1.807) is 11.3 Å². The van der Waals surface area contributed by atoms with Crippen LogP contribution in [0.4, 0.5) is 10.1 Å². The Morgan fingerprint density at radius 3 is 2.55 bits per heavy atom. The van der Waals surface area contributed by atoms with Crippen LogP contribution in [0.2, 0.25) is 5.02 Å². The second kappa shape index (κ2) is 7.03. The van der Waals surface area contributed by atoms with Gasteiger partial charge in [-0.1, -0.05) is 11.6 Å². The first-order valence-corrected chi connectivity index (χ1v) is 7.91. The van der Waals surface area contributed by atoms with Gasteiger partial charge in [0.15, 0.2) is 5.78 Å². The number of hydrogen-bond acceptors (Lipinski definition) is 3. The van der Waals surface area contributed by atoms with Gasteiger partial charge < -0.3 is 5.32 Å². The Morgan fingerprint density at radius 1 is 1.23 bits per heavy atom. The van der Waals surface area contributed by atoms with Crippen LogP contribution in [0.3, 0.4) is 0 Å². The van der Waals surface area contributed by atoms with Gasteiger partial charge in [-0.25, -0.2) is 4.39 Å². The Bertz CT molecular complexity index is 727. The molecule has 3 nitrogen and oxygen atoms in total. The highest BCUT2D eigenvalue weighted by atomic mass is 35.5. The summed E-state index contributed by atoms with van der Waals surface area (Å²) in [4.78, 5) is 26.0. The monoisotopic (exact) mass is 339 g/mol. The predicted octanol–water partition coefficient (Wildman–Crippen LogP) is 4.76. The summed E-state index contributed by atoms with van der Waals surface area (Å²) in [5.41, 5.74) is 1.09. The van der Waals surface area contributed by atoms with E-state index >= 15 is 0 Å². The van der Waals surface area contributed by atoms with E-state index in [0.717, 1.165) is 9.75 Å². The topological polar surface area (TPSA) is 46.2 Å². The number of rotatable bonds is 5. The van der Waals surface area contributed by atoms with Gasteiger partial charge in [0.05, 0.1) is 5.02 Å². The molecule has 1 heterocycles. The van der Waals surface area contributed by atoms with Crippen molar-refractivity contribution in [1.29, 1.82) is 0 Å². The summed E-state index contributed by atoms with van der Waals surface area (Å²) in [7, 11) is 0. The van der Waals surface area contributed by atoms with Crippen molar-refractivity contribution in [3.8, 4) is 0 Å². The average molecular weight is 340 g/mol. The molecule has 22 heavy (non-hydrogen) atoms. The lowest BCUT2D eigenvalue weighted by atomic mass is 10.1. The second-order valence-electron chi connectivity index (χ2n) is 4.93. The quantitative estimate of drug-likeness (QED) is 0.798. The summed E-state index contributed by atoms with van der Waals surface area (Å²) < 4.78 is 13.0. The highest BCUT2D eigenvalue weighted by molar-refractivity contribution is 7.12. The number of Topliss-reactive ketones (excluding diaryl/α,β-unsaturated/α-hetero) is 1. The van der Waals surface area contributed by atoms with Crippen LogP contribution in [-0.2, 0) is 4.79 Å². The molecule has 0 aliphatic heterocycles. The smallest absolute Gasteiger partial charge is 0.224 e. The Labute approximate surface area is 137 Å². The molecule has 0 bridgehead atoms. The summed E-state index contributed by atoms with van der Waals surface area (Å²) in [6.45, 7) is 3.84. The van der Waals surface area contributed by atoms with Gasteiger partial charge in [-0.15, -0.1) is 11.3 Å². The van der Waals surface area contributed by atoms with Gasteiger partial charge >= 0.3 is 0 Å². The molecule has 0 atom stereocenters. The zero-order valence-corrected chi connectivity index (χ0v) is 13.8. The van der Waals surface area contributed by atoms with E-state index in [1.807, 2.05) is 19.9 Å². The van der Waals surface area contributed by atoms with Gasteiger partial charge in [0, 0.05) is 33.8 Å². The van der Waals surface area contributed by atoms with E-state index in [1.165, 1.54) is 18.2 Å². The third-order valence-electron chi connectivity index (χ3n) is 3.12. The molecule has 0 unspecified atom stereocenters. The lowest BCUT2D eigenvalue weighted by Gasteiger charge is -2.06. The van der Waals surface area contributed by atoms with Crippen LogP contribution in [0.1, 0.15) is 33.0 Å². The Balaban J connectivity index is 1.91. The molecule has 2 rings (SSSR count). The first-order valence-electron chi connectivity index (χ1n) is 6.72. The molecule has 0 spiro atoms. The molecule has 0 saturated heterocycles. The minimum Gasteiger partial charge on any atom is -0.326 e. The van der Waals surface area contributed by atoms with Crippen LogP contribution >= 0.6 is 22.9 Å². The molecule has 1 amide bonds. The number of aryl methyl sites for hydroxylation is 2.